The van der Waals surface area contributed by atoms with E-state index < -0.39 is 0 Å². The van der Waals surface area contributed by atoms with Gasteiger partial charge < -0.3 is 5.32 Å². The van der Waals surface area contributed by atoms with E-state index in [0.717, 1.165) is 28.8 Å². The summed E-state index contributed by atoms with van der Waals surface area (Å²) in [4.78, 5) is 32.3. The summed E-state index contributed by atoms with van der Waals surface area (Å²) in [5, 5.41) is 3.23. The number of imide groups is 1. The van der Waals surface area contributed by atoms with E-state index in [9.17, 15) is 9.59 Å². The van der Waals surface area contributed by atoms with E-state index in [0.29, 0.717) is 17.0 Å². The van der Waals surface area contributed by atoms with Gasteiger partial charge >= 0.3 is 0 Å². The monoisotopic (exact) mass is 411 g/mol. The average molecular weight is 412 g/mol. The van der Waals surface area contributed by atoms with Gasteiger partial charge in [0.2, 0.25) is 0 Å². The molecule has 2 heterocycles. The third-order valence-electron chi connectivity index (χ3n) is 5.50. The van der Waals surface area contributed by atoms with Gasteiger partial charge in [0.05, 0.1) is 17.8 Å². The van der Waals surface area contributed by atoms with Gasteiger partial charge in [-0.2, -0.15) is 0 Å². The molecule has 0 fully saturated rings. The van der Waals surface area contributed by atoms with Crippen molar-refractivity contribution in [2.75, 3.05) is 5.32 Å². The van der Waals surface area contributed by atoms with Crippen molar-refractivity contribution >= 4 is 23.1 Å². The van der Waals surface area contributed by atoms with Gasteiger partial charge in [0.25, 0.3) is 11.8 Å². The van der Waals surface area contributed by atoms with Crippen molar-refractivity contribution in [3.63, 3.8) is 0 Å². The minimum Gasteiger partial charge on any atom is -0.350 e. The fraction of sp³-hybridized carbons (Fsp3) is 0.192. The summed E-state index contributed by atoms with van der Waals surface area (Å²) in [5.41, 5.74) is 6.17. The maximum absolute atomic E-state index is 13.4. The Morgan fingerprint density at radius 1 is 0.935 bits per heavy atom. The molecule has 31 heavy (non-hydrogen) atoms. The van der Waals surface area contributed by atoms with Crippen molar-refractivity contribution in [2.45, 2.75) is 33.7 Å². The predicted molar refractivity (Wildman–Crippen MR) is 122 cm³/mol. The van der Waals surface area contributed by atoms with Crippen molar-refractivity contribution in [1.82, 2.24) is 9.88 Å². The summed E-state index contributed by atoms with van der Waals surface area (Å²) in [6.07, 6.45) is 2.60. The van der Waals surface area contributed by atoms with Gasteiger partial charge in [-0.15, -0.1) is 0 Å². The number of hydrogen-bond donors (Lipinski definition) is 1. The third kappa shape index (κ3) is 4.12. The van der Waals surface area contributed by atoms with E-state index in [-0.39, 0.29) is 18.4 Å². The zero-order chi connectivity index (χ0) is 22.0. The maximum Gasteiger partial charge on any atom is 0.278 e. The molecule has 0 radical (unpaired) electrons. The van der Waals surface area contributed by atoms with E-state index in [1.54, 1.807) is 6.20 Å². The van der Waals surface area contributed by atoms with E-state index in [2.05, 4.69) is 17.2 Å². The van der Waals surface area contributed by atoms with Crippen LogP contribution < -0.4 is 5.32 Å². The number of carbonyl (C=O) groups excluding carboxylic acids is 2. The highest BCUT2D eigenvalue weighted by Gasteiger charge is 2.39. The molecular formula is C26H25N3O2. The summed E-state index contributed by atoms with van der Waals surface area (Å²) >= 11 is 0. The quantitative estimate of drug-likeness (QED) is 0.600. The highest BCUT2D eigenvalue weighted by molar-refractivity contribution is 6.36. The van der Waals surface area contributed by atoms with Crippen LogP contribution in [0.3, 0.4) is 0 Å². The molecule has 5 nitrogen and oxygen atoms in total. The van der Waals surface area contributed by atoms with Crippen LogP contribution in [0.2, 0.25) is 0 Å². The highest BCUT2D eigenvalue weighted by Crippen LogP contribution is 2.33. The number of pyridine rings is 1. The first kappa shape index (κ1) is 20.5. The average Bonchev–Trinajstić information content (AvgIpc) is 2.99. The lowest BCUT2D eigenvalue weighted by molar-refractivity contribution is -0.137. The number of carbonyl (C=O) groups is 2. The molecule has 0 unspecified atom stereocenters. The standard InChI is InChI=1S/C26H25N3O2/c1-4-19-9-11-20(12-10-19)28-24-23(22-13-8-17(2)15-18(22)3)25(30)29(26(24)31)16-21-7-5-6-14-27-21/h5-15,28H,4,16H2,1-3H3. The molecule has 3 aromatic rings. The number of nitrogens with one attached hydrogen (secondary N) is 1. The Morgan fingerprint density at radius 2 is 1.71 bits per heavy atom. The van der Waals surface area contributed by atoms with Crippen LogP contribution in [0.1, 0.15) is 34.9 Å². The Hall–Kier alpha value is -3.73. The van der Waals surface area contributed by atoms with Gasteiger partial charge in [-0.05, 0) is 61.2 Å². The molecule has 0 spiro atoms. The van der Waals surface area contributed by atoms with Gasteiger partial charge in [-0.3, -0.25) is 19.5 Å². The number of benzene rings is 2. The molecule has 5 heteroatoms. The molecule has 1 N–H and O–H groups in total. The Bertz CT molecular complexity index is 1170. The molecular weight excluding hydrogens is 386 g/mol. The van der Waals surface area contributed by atoms with Crippen LogP contribution in [0.25, 0.3) is 5.57 Å². The second kappa shape index (κ2) is 8.56. The summed E-state index contributed by atoms with van der Waals surface area (Å²) in [7, 11) is 0. The smallest absolute Gasteiger partial charge is 0.278 e. The number of aryl methyl sites for hydroxylation is 3. The minimum atomic E-state index is -0.342. The molecule has 0 atom stereocenters. The Labute approximate surface area is 182 Å². The number of aromatic nitrogens is 1. The van der Waals surface area contributed by atoms with E-state index in [4.69, 9.17) is 0 Å². The Morgan fingerprint density at radius 3 is 2.35 bits per heavy atom. The molecule has 0 bridgehead atoms. The predicted octanol–water partition coefficient (Wildman–Crippen LogP) is 4.65. The molecule has 1 aliphatic heterocycles. The van der Waals surface area contributed by atoms with Crippen LogP contribution in [0.15, 0.2) is 72.6 Å². The molecule has 1 aliphatic rings. The number of amides is 2. The second-order valence-electron chi connectivity index (χ2n) is 7.76. The van der Waals surface area contributed by atoms with Crippen LogP contribution in [0.4, 0.5) is 5.69 Å². The molecule has 2 amide bonds. The fourth-order valence-electron chi connectivity index (χ4n) is 3.80. The highest BCUT2D eigenvalue weighted by atomic mass is 16.2. The van der Waals surface area contributed by atoms with E-state index in [1.807, 2.05) is 74.5 Å². The second-order valence-corrected chi connectivity index (χ2v) is 7.76. The molecule has 2 aromatic carbocycles. The van der Waals surface area contributed by atoms with Crippen LogP contribution in [-0.2, 0) is 22.6 Å². The van der Waals surface area contributed by atoms with Crippen LogP contribution in [-0.4, -0.2) is 21.7 Å². The van der Waals surface area contributed by atoms with Crippen LogP contribution >= 0.6 is 0 Å². The van der Waals surface area contributed by atoms with Gasteiger partial charge in [0, 0.05) is 11.9 Å². The molecule has 1 aromatic heterocycles. The van der Waals surface area contributed by atoms with Crippen molar-refractivity contribution in [1.29, 1.82) is 0 Å². The van der Waals surface area contributed by atoms with Gasteiger partial charge in [0.1, 0.15) is 5.70 Å². The lowest BCUT2D eigenvalue weighted by atomic mass is 9.97. The van der Waals surface area contributed by atoms with Crippen molar-refractivity contribution in [2.24, 2.45) is 0 Å². The minimum absolute atomic E-state index is 0.132. The molecule has 4 rings (SSSR count). The van der Waals surface area contributed by atoms with Crippen LogP contribution in [0, 0.1) is 13.8 Å². The molecule has 156 valence electrons. The Kier molecular flexibility index (Phi) is 5.67. The number of rotatable bonds is 6. The van der Waals surface area contributed by atoms with Crippen molar-refractivity contribution in [3.05, 3.63) is 101 Å². The lowest BCUT2D eigenvalue weighted by Crippen LogP contribution is -2.32. The van der Waals surface area contributed by atoms with E-state index >= 15 is 0 Å². The zero-order valence-corrected chi connectivity index (χ0v) is 18.0. The number of anilines is 1. The van der Waals surface area contributed by atoms with Crippen LogP contribution in [0.5, 0.6) is 0 Å². The largest absolute Gasteiger partial charge is 0.350 e. The van der Waals surface area contributed by atoms with E-state index in [1.165, 1.54) is 10.5 Å². The first-order valence-corrected chi connectivity index (χ1v) is 10.4. The normalized spacial score (nSPS) is 13.8. The zero-order valence-electron chi connectivity index (χ0n) is 18.0. The van der Waals surface area contributed by atoms with Crippen molar-refractivity contribution in [3.8, 4) is 0 Å². The maximum atomic E-state index is 13.4. The van der Waals surface area contributed by atoms with Gasteiger partial charge in [-0.1, -0.05) is 48.9 Å². The van der Waals surface area contributed by atoms with Gasteiger partial charge in [-0.25, -0.2) is 0 Å². The first-order valence-electron chi connectivity index (χ1n) is 10.4. The first-order chi connectivity index (χ1) is 15.0. The Balaban J connectivity index is 1.76. The number of hydrogen-bond acceptors (Lipinski definition) is 4. The summed E-state index contributed by atoms with van der Waals surface area (Å²) in [6.45, 7) is 6.20. The number of nitrogens with zero attached hydrogens (tertiary/aromatic N) is 2. The summed E-state index contributed by atoms with van der Waals surface area (Å²) in [6, 6.07) is 19.3. The summed E-state index contributed by atoms with van der Waals surface area (Å²) in [5.74, 6) is -0.652. The molecule has 0 saturated carbocycles. The third-order valence-corrected chi connectivity index (χ3v) is 5.50. The van der Waals surface area contributed by atoms with Crippen molar-refractivity contribution < 1.29 is 9.59 Å². The van der Waals surface area contributed by atoms with Gasteiger partial charge in [0.15, 0.2) is 0 Å². The lowest BCUT2D eigenvalue weighted by Gasteiger charge is -2.15. The molecule has 0 saturated heterocycles. The summed E-state index contributed by atoms with van der Waals surface area (Å²) < 4.78 is 0. The molecule has 0 aliphatic carbocycles. The SMILES string of the molecule is CCc1ccc(NC2=C(c3ccc(C)cc3C)C(=O)N(Cc3ccccn3)C2=O)cc1. The topological polar surface area (TPSA) is 62.3 Å². The fourth-order valence-corrected chi connectivity index (χ4v) is 3.80.